The second kappa shape index (κ2) is 9.67. The summed E-state index contributed by atoms with van der Waals surface area (Å²) in [5, 5.41) is 7.82. The van der Waals surface area contributed by atoms with E-state index >= 15 is 0 Å². The second-order valence-electron chi connectivity index (χ2n) is 7.22. The molecule has 1 N–H and O–H groups in total. The van der Waals surface area contributed by atoms with Gasteiger partial charge in [0.25, 0.3) is 5.91 Å². The van der Waals surface area contributed by atoms with E-state index in [0.717, 1.165) is 24.1 Å². The molecule has 1 heterocycles. The quantitative estimate of drug-likeness (QED) is 0.602. The van der Waals surface area contributed by atoms with E-state index in [4.69, 9.17) is 11.6 Å². The van der Waals surface area contributed by atoms with Crippen molar-refractivity contribution in [3.05, 3.63) is 88.5 Å². The molecule has 0 radical (unpaired) electrons. The van der Waals surface area contributed by atoms with Crippen molar-refractivity contribution < 1.29 is 9.18 Å². The first-order valence-corrected chi connectivity index (χ1v) is 9.76. The molecule has 3 aromatic rings. The van der Waals surface area contributed by atoms with Crippen molar-refractivity contribution in [2.45, 2.75) is 19.0 Å². The van der Waals surface area contributed by atoms with E-state index in [2.05, 4.69) is 15.3 Å². The van der Waals surface area contributed by atoms with Gasteiger partial charge in [-0.25, -0.2) is 4.39 Å². The van der Waals surface area contributed by atoms with Crippen molar-refractivity contribution in [1.29, 1.82) is 0 Å². The van der Waals surface area contributed by atoms with Gasteiger partial charge in [0.15, 0.2) is 0 Å². The summed E-state index contributed by atoms with van der Waals surface area (Å²) in [7, 11) is 3.96. The first kappa shape index (κ1) is 21.0. The summed E-state index contributed by atoms with van der Waals surface area (Å²) in [5.74, 6) is -0.452. The number of halogens is 2. The number of nitrogens with zero attached hydrogens (tertiary/aromatic N) is 3. The van der Waals surface area contributed by atoms with E-state index < -0.39 is 0 Å². The maximum atomic E-state index is 13.3. The molecule has 1 atom stereocenters. The zero-order chi connectivity index (χ0) is 20.8. The van der Waals surface area contributed by atoms with Gasteiger partial charge < -0.3 is 10.2 Å². The smallest absolute Gasteiger partial charge is 0.251 e. The van der Waals surface area contributed by atoms with Gasteiger partial charge in [-0.05, 0) is 62.5 Å². The number of carbonyl (C=O) groups excluding carboxylic acids is 1. The van der Waals surface area contributed by atoms with E-state index in [0.29, 0.717) is 17.1 Å². The summed E-state index contributed by atoms with van der Waals surface area (Å²) in [4.78, 5) is 14.8. The molecule has 0 aliphatic carbocycles. The van der Waals surface area contributed by atoms with Gasteiger partial charge >= 0.3 is 0 Å². The summed E-state index contributed by atoms with van der Waals surface area (Å²) in [5.41, 5.74) is 2.47. The fourth-order valence-corrected chi connectivity index (χ4v) is 3.18. The SMILES string of the molecule is CN(C)CCC(NC(=O)c1ccc(Cn2cc(Cl)cn2)cc1)c1ccc(F)cc1. The van der Waals surface area contributed by atoms with Gasteiger partial charge in [0.05, 0.1) is 23.8 Å². The Hall–Kier alpha value is -2.70. The van der Waals surface area contributed by atoms with Gasteiger partial charge in [0.1, 0.15) is 5.82 Å². The van der Waals surface area contributed by atoms with Crippen LogP contribution in [-0.2, 0) is 6.54 Å². The zero-order valence-corrected chi connectivity index (χ0v) is 17.2. The molecule has 3 rings (SSSR count). The molecule has 0 aliphatic rings. The van der Waals surface area contributed by atoms with Gasteiger partial charge in [-0.15, -0.1) is 0 Å². The molecule has 2 aromatic carbocycles. The molecule has 1 amide bonds. The van der Waals surface area contributed by atoms with Crippen LogP contribution in [0, 0.1) is 5.82 Å². The Morgan fingerprint density at radius 2 is 1.86 bits per heavy atom. The molecule has 0 spiro atoms. The number of nitrogens with one attached hydrogen (secondary N) is 1. The third kappa shape index (κ3) is 6.14. The third-order valence-electron chi connectivity index (χ3n) is 4.61. The van der Waals surface area contributed by atoms with E-state index in [-0.39, 0.29) is 17.8 Å². The lowest BCUT2D eigenvalue weighted by Crippen LogP contribution is -2.31. The molecule has 0 fully saturated rings. The molecular formula is C22H24ClFN4O. The van der Waals surface area contributed by atoms with Crippen molar-refractivity contribution in [3.8, 4) is 0 Å². The molecule has 152 valence electrons. The minimum atomic E-state index is -0.291. The molecule has 29 heavy (non-hydrogen) atoms. The van der Waals surface area contributed by atoms with Gasteiger partial charge in [0.2, 0.25) is 0 Å². The highest BCUT2D eigenvalue weighted by molar-refractivity contribution is 6.30. The van der Waals surface area contributed by atoms with E-state index in [1.807, 2.05) is 26.2 Å². The predicted octanol–water partition coefficient (Wildman–Crippen LogP) is 4.15. The molecule has 0 bridgehead atoms. The van der Waals surface area contributed by atoms with E-state index in [1.54, 1.807) is 41.3 Å². The largest absolute Gasteiger partial charge is 0.345 e. The van der Waals surface area contributed by atoms with Crippen molar-refractivity contribution in [2.24, 2.45) is 0 Å². The van der Waals surface area contributed by atoms with Gasteiger partial charge in [-0.3, -0.25) is 9.48 Å². The van der Waals surface area contributed by atoms with Crippen LogP contribution in [0.1, 0.15) is 33.9 Å². The lowest BCUT2D eigenvalue weighted by atomic mass is 10.0. The van der Waals surface area contributed by atoms with Crippen molar-refractivity contribution >= 4 is 17.5 Å². The van der Waals surface area contributed by atoms with Crippen LogP contribution in [0.3, 0.4) is 0 Å². The summed E-state index contributed by atoms with van der Waals surface area (Å²) < 4.78 is 15.0. The number of aromatic nitrogens is 2. The molecule has 7 heteroatoms. The van der Waals surface area contributed by atoms with E-state index in [1.165, 1.54) is 12.1 Å². The van der Waals surface area contributed by atoms with Crippen LogP contribution < -0.4 is 5.32 Å². The summed E-state index contributed by atoms with van der Waals surface area (Å²) in [6.45, 7) is 1.38. The van der Waals surface area contributed by atoms with Crippen LogP contribution >= 0.6 is 11.6 Å². The second-order valence-corrected chi connectivity index (χ2v) is 7.66. The van der Waals surface area contributed by atoms with Crippen molar-refractivity contribution in [1.82, 2.24) is 20.0 Å². The number of hydrogen-bond donors (Lipinski definition) is 1. The molecule has 0 saturated heterocycles. The number of rotatable bonds is 8. The van der Waals surface area contributed by atoms with E-state index in [9.17, 15) is 9.18 Å². The topological polar surface area (TPSA) is 50.2 Å². The van der Waals surface area contributed by atoms with Crippen LogP contribution in [0.15, 0.2) is 60.9 Å². The molecule has 1 aromatic heterocycles. The lowest BCUT2D eigenvalue weighted by molar-refractivity contribution is 0.0932. The summed E-state index contributed by atoms with van der Waals surface area (Å²) >= 11 is 5.89. The fourth-order valence-electron chi connectivity index (χ4n) is 3.02. The number of carbonyl (C=O) groups is 1. The average Bonchev–Trinajstić information content (AvgIpc) is 3.11. The first-order valence-electron chi connectivity index (χ1n) is 9.38. The van der Waals surface area contributed by atoms with Crippen LogP contribution in [-0.4, -0.2) is 41.2 Å². The van der Waals surface area contributed by atoms with Crippen molar-refractivity contribution in [2.75, 3.05) is 20.6 Å². The fraction of sp³-hybridized carbons (Fsp3) is 0.273. The van der Waals surface area contributed by atoms with Gasteiger partial charge in [0, 0.05) is 11.8 Å². The highest BCUT2D eigenvalue weighted by Gasteiger charge is 2.16. The standard InChI is InChI=1S/C22H24ClFN4O/c1-27(2)12-11-21(17-7-9-20(24)10-8-17)26-22(29)18-5-3-16(4-6-18)14-28-15-19(23)13-25-28/h3-10,13,15,21H,11-12,14H2,1-2H3,(H,26,29). The monoisotopic (exact) mass is 414 g/mol. The third-order valence-corrected chi connectivity index (χ3v) is 4.80. The van der Waals surface area contributed by atoms with Crippen LogP contribution in [0.25, 0.3) is 0 Å². The Bertz CT molecular complexity index is 938. The Kier molecular flexibility index (Phi) is 7.01. The number of benzene rings is 2. The summed E-state index contributed by atoms with van der Waals surface area (Å²) in [6.07, 6.45) is 4.06. The molecule has 0 aliphatic heterocycles. The maximum absolute atomic E-state index is 13.3. The Balaban J connectivity index is 1.68. The zero-order valence-electron chi connectivity index (χ0n) is 16.5. The number of amides is 1. The van der Waals surface area contributed by atoms with Gasteiger partial charge in [-0.2, -0.15) is 5.10 Å². The minimum Gasteiger partial charge on any atom is -0.345 e. The number of hydrogen-bond acceptors (Lipinski definition) is 3. The molecule has 0 saturated carbocycles. The summed E-state index contributed by atoms with van der Waals surface area (Å²) in [6, 6.07) is 13.5. The van der Waals surface area contributed by atoms with Crippen LogP contribution in [0.5, 0.6) is 0 Å². The Labute approximate surface area is 175 Å². The first-order chi connectivity index (χ1) is 13.9. The Morgan fingerprint density at radius 3 is 2.45 bits per heavy atom. The minimum absolute atomic E-state index is 0.160. The highest BCUT2D eigenvalue weighted by Crippen LogP contribution is 2.19. The lowest BCUT2D eigenvalue weighted by Gasteiger charge is -2.21. The van der Waals surface area contributed by atoms with Crippen LogP contribution in [0.2, 0.25) is 5.02 Å². The highest BCUT2D eigenvalue weighted by atomic mass is 35.5. The molecular weight excluding hydrogens is 391 g/mol. The Morgan fingerprint density at radius 1 is 1.17 bits per heavy atom. The van der Waals surface area contributed by atoms with Gasteiger partial charge in [-0.1, -0.05) is 35.9 Å². The van der Waals surface area contributed by atoms with Crippen molar-refractivity contribution in [3.63, 3.8) is 0 Å². The molecule has 1 unspecified atom stereocenters. The normalized spacial score (nSPS) is 12.2. The maximum Gasteiger partial charge on any atom is 0.251 e. The average molecular weight is 415 g/mol. The van der Waals surface area contributed by atoms with Crippen LogP contribution in [0.4, 0.5) is 4.39 Å². The predicted molar refractivity (Wildman–Crippen MR) is 113 cm³/mol. The molecule has 5 nitrogen and oxygen atoms in total.